The first-order chi connectivity index (χ1) is 8.41. The molecule has 0 aromatic carbocycles. The fourth-order valence-corrected chi connectivity index (χ4v) is 2.65. The summed E-state index contributed by atoms with van der Waals surface area (Å²) < 4.78 is 0. The maximum absolute atomic E-state index is 3.72. The SMILES string of the molecule is C=CSCCCCCCCCCCCCCC. The Bertz CT molecular complexity index is 142. The molecule has 0 spiro atoms. The van der Waals surface area contributed by atoms with Crippen molar-refractivity contribution in [3.8, 4) is 0 Å². The van der Waals surface area contributed by atoms with Gasteiger partial charge in [0.15, 0.2) is 0 Å². The first kappa shape index (κ1) is 17.1. The number of hydrogen-bond acceptors (Lipinski definition) is 1. The number of rotatable bonds is 14. The number of unbranched alkanes of at least 4 members (excludes halogenated alkanes) is 11. The number of hydrogen-bond donors (Lipinski definition) is 0. The first-order valence-corrected chi connectivity index (χ1v) is 8.69. The van der Waals surface area contributed by atoms with Gasteiger partial charge in [-0.15, -0.1) is 11.8 Å². The van der Waals surface area contributed by atoms with Crippen LogP contribution in [-0.2, 0) is 0 Å². The van der Waals surface area contributed by atoms with Crippen LogP contribution in [0.1, 0.15) is 84.0 Å². The van der Waals surface area contributed by atoms with Crippen LogP contribution in [0.2, 0.25) is 0 Å². The van der Waals surface area contributed by atoms with E-state index in [-0.39, 0.29) is 0 Å². The van der Waals surface area contributed by atoms with Gasteiger partial charge in [0, 0.05) is 0 Å². The molecule has 17 heavy (non-hydrogen) atoms. The average molecular weight is 256 g/mol. The van der Waals surface area contributed by atoms with E-state index in [4.69, 9.17) is 0 Å². The predicted molar refractivity (Wildman–Crippen MR) is 83.7 cm³/mol. The molecule has 0 fully saturated rings. The normalized spacial score (nSPS) is 10.6. The Labute approximate surface area is 114 Å². The molecule has 0 aliphatic carbocycles. The monoisotopic (exact) mass is 256 g/mol. The van der Waals surface area contributed by atoms with Crippen molar-refractivity contribution in [2.75, 3.05) is 5.75 Å². The van der Waals surface area contributed by atoms with Crippen LogP contribution in [0, 0.1) is 0 Å². The molecule has 0 rings (SSSR count). The van der Waals surface area contributed by atoms with Crippen molar-refractivity contribution >= 4 is 11.8 Å². The molecule has 0 heterocycles. The third-order valence-electron chi connectivity index (χ3n) is 3.23. The van der Waals surface area contributed by atoms with Crippen molar-refractivity contribution in [2.45, 2.75) is 84.0 Å². The zero-order chi connectivity index (χ0) is 12.6. The van der Waals surface area contributed by atoms with Gasteiger partial charge >= 0.3 is 0 Å². The molecule has 0 N–H and O–H groups in total. The quantitative estimate of drug-likeness (QED) is 0.317. The first-order valence-electron chi connectivity index (χ1n) is 7.64. The molecule has 0 saturated carbocycles. The van der Waals surface area contributed by atoms with E-state index in [1.807, 2.05) is 17.2 Å². The lowest BCUT2D eigenvalue weighted by molar-refractivity contribution is 0.548. The van der Waals surface area contributed by atoms with Gasteiger partial charge in [0.25, 0.3) is 0 Å². The molecule has 0 bridgehead atoms. The van der Waals surface area contributed by atoms with Crippen LogP contribution in [0.4, 0.5) is 0 Å². The number of thioether (sulfide) groups is 1. The molecule has 0 amide bonds. The Balaban J connectivity index is 2.87. The average Bonchev–Trinajstić information content (AvgIpc) is 2.35. The van der Waals surface area contributed by atoms with E-state index in [2.05, 4.69) is 13.5 Å². The van der Waals surface area contributed by atoms with Crippen LogP contribution in [0.5, 0.6) is 0 Å². The summed E-state index contributed by atoms with van der Waals surface area (Å²) in [4.78, 5) is 0. The van der Waals surface area contributed by atoms with Crippen molar-refractivity contribution in [3.63, 3.8) is 0 Å². The van der Waals surface area contributed by atoms with Gasteiger partial charge < -0.3 is 0 Å². The summed E-state index contributed by atoms with van der Waals surface area (Å²) in [6.07, 6.45) is 17.3. The van der Waals surface area contributed by atoms with Gasteiger partial charge in [0.1, 0.15) is 0 Å². The molecule has 0 saturated heterocycles. The van der Waals surface area contributed by atoms with Gasteiger partial charge in [-0.25, -0.2) is 0 Å². The second-order valence-corrected chi connectivity index (χ2v) is 6.00. The van der Waals surface area contributed by atoms with Gasteiger partial charge in [-0.3, -0.25) is 0 Å². The van der Waals surface area contributed by atoms with E-state index >= 15 is 0 Å². The largest absolute Gasteiger partial charge is 0.135 e. The highest BCUT2D eigenvalue weighted by molar-refractivity contribution is 8.02. The molecule has 102 valence electrons. The van der Waals surface area contributed by atoms with E-state index < -0.39 is 0 Å². The van der Waals surface area contributed by atoms with Crippen molar-refractivity contribution in [3.05, 3.63) is 12.0 Å². The lowest BCUT2D eigenvalue weighted by Gasteiger charge is -2.02. The summed E-state index contributed by atoms with van der Waals surface area (Å²) in [7, 11) is 0. The van der Waals surface area contributed by atoms with E-state index in [1.165, 1.54) is 82.8 Å². The van der Waals surface area contributed by atoms with Crippen LogP contribution in [0.15, 0.2) is 12.0 Å². The summed E-state index contributed by atoms with van der Waals surface area (Å²) in [5, 5.41) is 1.96. The van der Waals surface area contributed by atoms with Crippen molar-refractivity contribution in [1.82, 2.24) is 0 Å². The van der Waals surface area contributed by atoms with Crippen LogP contribution < -0.4 is 0 Å². The smallest absolute Gasteiger partial charge is 0.00262 e. The highest BCUT2D eigenvalue weighted by Crippen LogP contribution is 2.13. The predicted octanol–water partition coefficient (Wildman–Crippen LogP) is 6.56. The van der Waals surface area contributed by atoms with E-state index in [0.717, 1.165) is 0 Å². The second kappa shape index (κ2) is 16.1. The minimum absolute atomic E-state index is 1.26. The minimum atomic E-state index is 1.26. The van der Waals surface area contributed by atoms with Gasteiger partial charge in [0.05, 0.1) is 0 Å². The minimum Gasteiger partial charge on any atom is -0.135 e. The van der Waals surface area contributed by atoms with E-state index in [1.54, 1.807) is 0 Å². The highest BCUT2D eigenvalue weighted by atomic mass is 32.2. The Morgan fingerprint density at radius 3 is 1.53 bits per heavy atom. The molecular formula is C16H32S. The zero-order valence-electron chi connectivity index (χ0n) is 11.9. The van der Waals surface area contributed by atoms with Crippen molar-refractivity contribution in [2.24, 2.45) is 0 Å². The Hall–Kier alpha value is 0.0900. The molecule has 0 unspecified atom stereocenters. The summed E-state index contributed by atoms with van der Waals surface area (Å²) in [6.45, 7) is 6.00. The van der Waals surface area contributed by atoms with Crippen LogP contribution >= 0.6 is 11.8 Å². The zero-order valence-corrected chi connectivity index (χ0v) is 12.7. The summed E-state index contributed by atoms with van der Waals surface area (Å²) in [5.41, 5.74) is 0. The third-order valence-corrected chi connectivity index (χ3v) is 3.99. The lowest BCUT2D eigenvalue weighted by atomic mass is 10.1. The second-order valence-electron chi connectivity index (χ2n) is 4.93. The molecule has 0 aromatic rings. The standard InChI is InChI=1S/C16H32S/c1-3-5-6-7-8-9-10-11-12-13-14-15-16-17-4-2/h4H,2-3,5-16H2,1H3. The Morgan fingerprint density at radius 1 is 0.706 bits per heavy atom. The molecular weight excluding hydrogens is 224 g/mol. The molecule has 0 radical (unpaired) electrons. The third kappa shape index (κ3) is 16.1. The fraction of sp³-hybridized carbons (Fsp3) is 0.875. The van der Waals surface area contributed by atoms with Gasteiger partial charge in [0.2, 0.25) is 0 Å². The van der Waals surface area contributed by atoms with E-state index in [0.29, 0.717) is 0 Å². The van der Waals surface area contributed by atoms with Crippen molar-refractivity contribution < 1.29 is 0 Å². The maximum Gasteiger partial charge on any atom is -0.00262 e. The summed E-state index contributed by atoms with van der Waals surface area (Å²) in [6, 6.07) is 0. The summed E-state index contributed by atoms with van der Waals surface area (Å²) >= 11 is 1.85. The van der Waals surface area contributed by atoms with Crippen LogP contribution in [0.3, 0.4) is 0 Å². The van der Waals surface area contributed by atoms with Gasteiger partial charge in [-0.05, 0) is 17.6 Å². The Morgan fingerprint density at radius 2 is 1.12 bits per heavy atom. The molecule has 0 aliphatic rings. The van der Waals surface area contributed by atoms with Crippen LogP contribution in [0.25, 0.3) is 0 Å². The van der Waals surface area contributed by atoms with Gasteiger partial charge in [-0.2, -0.15) is 0 Å². The fourth-order valence-electron chi connectivity index (χ4n) is 2.11. The molecule has 0 nitrogen and oxygen atoms in total. The Kier molecular flexibility index (Phi) is 16.2. The molecule has 0 atom stereocenters. The highest BCUT2D eigenvalue weighted by Gasteiger charge is 1.93. The molecule has 0 aromatic heterocycles. The van der Waals surface area contributed by atoms with Crippen molar-refractivity contribution in [1.29, 1.82) is 0 Å². The molecule has 0 aliphatic heterocycles. The lowest BCUT2D eigenvalue weighted by Crippen LogP contribution is -1.83. The van der Waals surface area contributed by atoms with Crippen LogP contribution in [-0.4, -0.2) is 5.75 Å². The van der Waals surface area contributed by atoms with Gasteiger partial charge in [-0.1, -0.05) is 84.1 Å². The van der Waals surface area contributed by atoms with E-state index in [9.17, 15) is 0 Å². The maximum atomic E-state index is 3.72. The topological polar surface area (TPSA) is 0 Å². The molecule has 1 heteroatoms. The summed E-state index contributed by atoms with van der Waals surface area (Å²) in [5.74, 6) is 1.26.